The van der Waals surface area contributed by atoms with Gasteiger partial charge < -0.3 is 87.5 Å². The number of fused-ring (bicyclic) bond motifs is 5. The van der Waals surface area contributed by atoms with Gasteiger partial charge in [-0.05, 0) is 178 Å². The molecule has 0 bridgehead atoms. The monoisotopic (exact) mass is 1770 g/mol. The van der Waals surface area contributed by atoms with Crippen molar-refractivity contribution in [1.82, 2.24) is 64.3 Å². The number of rotatable bonds is 21. The molecule has 13 heterocycles. The zero-order chi connectivity index (χ0) is 87.4. The van der Waals surface area contributed by atoms with Crippen LogP contribution in [0.15, 0.2) is 135 Å². The Labute approximate surface area is 756 Å². The van der Waals surface area contributed by atoms with E-state index in [1.165, 1.54) is 60.5 Å². The van der Waals surface area contributed by atoms with Crippen molar-refractivity contribution in [2.45, 2.75) is 134 Å². The number of piperazine rings is 3. The Morgan fingerprint density at radius 2 is 0.850 bits per heavy atom. The summed E-state index contributed by atoms with van der Waals surface area (Å²) < 4.78 is 61.0. The molecule has 9 aliphatic heterocycles. The number of alkyl halides is 3. The van der Waals surface area contributed by atoms with Gasteiger partial charge in [0.05, 0.1) is 47.8 Å². The minimum atomic E-state index is -4.49. The molecule has 0 spiro atoms. The molecule has 8 aromatic rings. The van der Waals surface area contributed by atoms with Crippen LogP contribution < -0.4 is 43.6 Å². The number of hydrogen-bond donors (Lipinski definition) is 0. The average molecular weight is 1770 g/mol. The minimum absolute atomic E-state index is 0. The van der Waals surface area contributed by atoms with E-state index in [4.69, 9.17) is 63.8 Å². The number of amides is 3. The van der Waals surface area contributed by atoms with Crippen molar-refractivity contribution < 1.29 is 41.8 Å². The van der Waals surface area contributed by atoms with Crippen LogP contribution in [-0.4, -0.2) is 277 Å². The molecular weight excluding hydrogens is 1650 g/mol. The van der Waals surface area contributed by atoms with Crippen molar-refractivity contribution >= 4 is 101 Å². The second-order valence-corrected chi connectivity index (χ2v) is 33.7. The normalized spacial score (nSPS) is 20.8. The van der Waals surface area contributed by atoms with Crippen LogP contribution in [0.4, 0.5) is 47.7 Å². The molecule has 0 aliphatic carbocycles. The molecule has 4 aromatic heterocycles. The van der Waals surface area contributed by atoms with Crippen LogP contribution in [0.3, 0.4) is 0 Å². The number of pyridine rings is 1. The maximum atomic E-state index is 14.1. The van der Waals surface area contributed by atoms with Crippen LogP contribution in [0.2, 0.25) is 0 Å². The number of ether oxygens (including phenoxy) is 3. The van der Waals surface area contributed by atoms with E-state index in [2.05, 4.69) is 154 Å². The Bertz CT molecular complexity index is 5430. The van der Waals surface area contributed by atoms with Crippen LogP contribution in [0.1, 0.15) is 90.3 Å². The zero-order valence-electron chi connectivity index (χ0n) is 73.2. The number of allylic oxidation sites excluding steroid dienone is 1. The Hall–Kier alpha value is -11.5. The van der Waals surface area contributed by atoms with Gasteiger partial charge in [-0.15, -0.1) is 0 Å². The van der Waals surface area contributed by atoms with Gasteiger partial charge in [0.25, 0.3) is 0 Å². The quantitative estimate of drug-likeness (QED) is 0.0482. The number of carbonyl (C=O) groups is 3. The lowest BCUT2D eigenvalue weighted by atomic mass is 10.00. The molecule has 0 radical (unpaired) electrons. The Balaban J connectivity index is 0.000000162. The van der Waals surface area contributed by atoms with Gasteiger partial charge in [0.1, 0.15) is 55.4 Å². The van der Waals surface area contributed by atoms with Crippen molar-refractivity contribution in [3.8, 4) is 18.0 Å². The molecule has 670 valence electrons. The molecule has 33 heteroatoms. The topological polar surface area (TPSA) is 221 Å². The fourth-order valence-corrected chi connectivity index (χ4v) is 19.2. The number of hydrogen-bond acceptors (Lipinski definition) is 22. The predicted molar refractivity (Wildman–Crippen MR) is 499 cm³/mol. The lowest BCUT2D eigenvalue weighted by Crippen LogP contribution is -2.56. The number of carbonyl (C=O) groups excluding carboxylic acids is 3. The summed E-state index contributed by atoms with van der Waals surface area (Å²) in [5, 5.41) is 3.59. The molecule has 6 atom stereocenters. The van der Waals surface area contributed by atoms with E-state index >= 15 is 0 Å². The van der Waals surface area contributed by atoms with E-state index in [0.29, 0.717) is 140 Å². The first-order valence-corrected chi connectivity index (χ1v) is 43.7. The van der Waals surface area contributed by atoms with Crippen molar-refractivity contribution in [1.29, 1.82) is 0 Å². The van der Waals surface area contributed by atoms with Gasteiger partial charge in [0.2, 0.25) is 37.4 Å². The lowest BCUT2D eigenvalue weighted by Gasteiger charge is -2.41. The van der Waals surface area contributed by atoms with Crippen molar-refractivity contribution in [2.75, 3.05) is 188 Å². The third-order valence-electron chi connectivity index (χ3n) is 26.0. The number of nitrogens with zero attached hydrogens (tertiary/aromatic N) is 22. The lowest BCUT2D eigenvalue weighted by molar-refractivity contribution is -0.137. The first-order valence-electron chi connectivity index (χ1n) is 43.7. The molecule has 0 saturated carbocycles. The van der Waals surface area contributed by atoms with E-state index in [0.717, 1.165) is 128 Å². The Morgan fingerprint density at radius 3 is 1.26 bits per heavy atom. The zero-order valence-corrected chi connectivity index (χ0v) is 75.2. The van der Waals surface area contributed by atoms with Crippen LogP contribution in [-0.2, 0) is 59.5 Å². The minimum Gasteiger partial charge on any atom is -0.462 e. The van der Waals surface area contributed by atoms with Crippen LogP contribution in [0.5, 0.6) is 18.0 Å². The van der Waals surface area contributed by atoms with Crippen LogP contribution in [0.25, 0.3) is 36.2 Å². The number of likely N-dealkylation sites (N-methyl/N-ethyl adjacent to an activating group) is 3. The molecule has 3 amide bonds. The van der Waals surface area contributed by atoms with Gasteiger partial charge >= 0.3 is 24.2 Å². The highest BCUT2D eigenvalue weighted by molar-refractivity contribution is 7.59. The van der Waals surface area contributed by atoms with E-state index < -0.39 is 11.7 Å². The maximum Gasteiger partial charge on any atom is 0.418 e. The summed E-state index contributed by atoms with van der Waals surface area (Å²) in [4.78, 5) is 108. The molecule has 17 rings (SSSR count). The molecule has 3 unspecified atom stereocenters. The highest BCUT2D eigenvalue weighted by Crippen LogP contribution is 2.43. The summed E-state index contributed by atoms with van der Waals surface area (Å²) in [6.07, 6.45) is 12.0. The van der Waals surface area contributed by atoms with Gasteiger partial charge in [-0.3, -0.25) is 19.4 Å². The molecule has 6 fully saturated rings. The molecule has 127 heavy (non-hydrogen) atoms. The largest absolute Gasteiger partial charge is 0.462 e. The molecule has 0 N–H and O–H groups in total. The third-order valence-corrected chi connectivity index (χ3v) is 26.0. The van der Waals surface area contributed by atoms with E-state index in [1.54, 1.807) is 32.9 Å². The summed E-state index contributed by atoms with van der Waals surface area (Å²) in [5.41, 5.74) is 8.72. The number of halogens is 3. The molecule has 28 nitrogen and oxygen atoms in total. The summed E-state index contributed by atoms with van der Waals surface area (Å²) in [6, 6.07) is 31.2. The fraction of sp³-hybridized carbons (Fsp3) is 0.479. The summed E-state index contributed by atoms with van der Waals surface area (Å²) in [6.45, 7) is 46.6. The van der Waals surface area contributed by atoms with E-state index in [9.17, 15) is 27.6 Å². The number of aryl methyl sites for hydroxylation is 1. The SMILES string of the molecule is S.S.[C-]#[N+]CC1CN(c2nc(OC[C@@H]3CCCN3C)nc3c2CCN(c2cccc(C)c2C(F)(F)F)C3)CCN1C(=O)C=C.[C-]#[N+]CC1CN(c2nc(OC[C@@H]3CCCN3C)nc3c2CCN(c2cccc4ccccc24)C3)CCN1C(=O)/C=C/C.[C-]#[N+]CC1CN(c2nc(OC[C@@H]3CCCN3C)nc3c2CCN(c2cccc4ncccc24)C3)CCN1C(=O)C=C. The Kier molecular flexibility index (Phi) is 31.1. The van der Waals surface area contributed by atoms with E-state index in [-0.39, 0.29) is 112 Å². The summed E-state index contributed by atoms with van der Waals surface area (Å²) in [5.74, 6) is 2.03. The van der Waals surface area contributed by atoms with Gasteiger partial charge in [-0.25, -0.2) is 19.7 Å². The van der Waals surface area contributed by atoms with Gasteiger partial charge in [0, 0.05) is 147 Å². The highest BCUT2D eigenvalue weighted by Gasteiger charge is 2.42. The molecular formula is C94H115F3N22O6S2. The summed E-state index contributed by atoms with van der Waals surface area (Å²) in [7, 11) is 6.34. The van der Waals surface area contributed by atoms with Crippen LogP contribution >= 0.6 is 27.0 Å². The fourth-order valence-electron chi connectivity index (χ4n) is 19.2. The average Bonchev–Trinajstić information content (AvgIpc) is 0.867. The van der Waals surface area contributed by atoms with Crippen molar-refractivity contribution in [3.63, 3.8) is 0 Å². The van der Waals surface area contributed by atoms with Crippen molar-refractivity contribution in [2.24, 2.45) is 0 Å². The molecule has 9 aliphatic rings. The first kappa shape index (κ1) is 93.1. The number of aromatic nitrogens is 7. The Morgan fingerprint density at radius 1 is 0.465 bits per heavy atom. The number of anilines is 6. The number of likely N-dealkylation sites (tertiary alicyclic amines) is 3. The van der Waals surface area contributed by atoms with E-state index in [1.807, 2.05) is 30.2 Å². The summed E-state index contributed by atoms with van der Waals surface area (Å²) >= 11 is 0. The van der Waals surface area contributed by atoms with Gasteiger partial charge in [0.15, 0.2) is 0 Å². The smallest absolute Gasteiger partial charge is 0.418 e. The predicted octanol–water partition coefficient (Wildman–Crippen LogP) is 11.5. The van der Waals surface area contributed by atoms with Gasteiger partial charge in [-0.2, -0.15) is 70.1 Å². The highest BCUT2D eigenvalue weighted by atomic mass is 32.1. The standard InChI is InChI=1S/C33H39N7O2.C31H36N8O2.C30H36F3N7O2.2H2S/c1-4-9-31(41)40-19-18-39(21-26(40)20-34-2)32-28-15-17-38(30-14-7-11-24-10-5-6-13-27(24)30)22-29(28)35-33(36-32)42-23-25-12-8-16-37(25)3;1-4-29(40)39-17-16-38(19-23(39)18-32-2)30-25-12-15-37(28-11-5-10-26-24(28)9-6-13-33-26)20-27(25)34-31(35-30)41-21-22-8-7-14-36(22)3;1-5-26(41)40-15-14-39(17-22(40)16-34-3)28-23-11-13-38(25-10-6-8-20(2)27(25)30(31,32)33)18-24(23)35-29(36-28)42-19-21-9-7-12-37(21)4;;/h4-7,9-11,13-14,25-26H,8,12,15-23H2,1,3H3;4-6,9-11,13,22-23H,1,7-8,12,14-21H2,3H3;5-6,8,10,21-22H,1,7,9,11-19H2,2,4H3;2*1H2/b9-4+;;;;/t25-,26?;22-,23?;21-,22?;;/m000../s1. The molecule has 4 aromatic carbocycles. The number of benzene rings is 4. The second kappa shape index (κ2) is 42.4. The third kappa shape index (κ3) is 21.2. The molecule has 6 saturated heterocycles. The van der Waals surface area contributed by atoms with Crippen LogP contribution in [0, 0.1) is 26.6 Å². The second-order valence-electron chi connectivity index (χ2n) is 33.7. The first-order chi connectivity index (χ1) is 60.7. The van der Waals surface area contributed by atoms with Gasteiger partial charge in [-0.1, -0.05) is 73.8 Å². The van der Waals surface area contributed by atoms with Crippen molar-refractivity contribution in [3.05, 3.63) is 214 Å². The maximum absolute atomic E-state index is 14.1.